The Labute approximate surface area is 137 Å². The molecule has 0 radical (unpaired) electrons. The van der Waals surface area contributed by atoms with Crippen LogP contribution in [0.25, 0.3) is 10.9 Å². The third-order valence-corrected chi connectivity index (χ3v) is 4.16. The number of alkyl halides is 3. The monoisotopic (exact) mass is 346 g/mol. The van der Waals surface area contributed by atoms with Crippen LogP contribution in [-0.4, -0.2) is 22.2 Å². The van der Waals surface area contributed by atoms with Gasteiger partial charge in [0.1, 0.15) is 6.33 Å². The fraction of sp³-hybridized carbons (Fsp3) is 0.467. The van der Waals surface area contributed by atoms with Gasteiger partial charge in [-0.1, -0.05) is 6.07 Å². The minimum absolute atomic E-state index is 0. The van der Waals surface area contributed by atoms with Crippen LogP contribution in [0.2, 0.25) is 0 Å². The van der Waals surface area contributed by atoms with Crippen LogP contribution in [0.1, 0.15) is 30.5 Å². The van der Waals surface area contributed by atoms with Crippen LogP contribution in [0.3, 0.4) is 0 Å². The zero-order chi connectivity index (χ0) is 16.0. The summed E-state index contributed by atoms with van der Waals surface area (Å²) in [6.07, 6.45) is -1.80. The lowest BCUT2D eigenvalue weighted by Crippen LogP contribution is -2.36. The molecule has 1 aromatic carbocycles. The summed E-state index contributed by atoms with van der Waals surface area (Å²) >= 11 is 0. The predicted octanol–water partition coefficient (Wildman–Crippen LogP) is 2.82. The Morgan fingerprint density at radius 2 is 2.00 bits per heavy atom. The van der Waals surface area contributed by atoms with E-state index in [4.69, 9.17) is 11.5 Å². The van der Waals surface area contributed by atoms with Gasteiger partial charge in [-0.15, -0.1) is 12.4 Å². The van der Waals surface area contributed by atoms with Gasteiger partial charge in [-0.05, 0) is 37.0 Å². The zero-order valence-electron chi connectivity index (χ0n) is 12.3. The first-order valence-electron chi connectivity index (χ1n) is 7.12. The molecular weight excluding hydrogens is 329 g/mol. The number of fused-ring (bicyclic) bond motifs is 1. The fourth-order valence-corrected chi connectivity index (χ4v) is 3.17. The quantitative estimate of drug-likeness (QED) is 0.876. The van der Waals surface area contributed by atoms with Gasteiger partial charge in [-0.25, -0.2) is 9.97 Å². The third kappa shape index (κ3) is 3.73. The van der Waals surface area contributed by atoms with Crippen molar-refractivity contribution in [2.24, 2.45) is 11.5 Å². The fourth-order valence-electron chi connectivity index (χ4n) is 3.17. The standard InChI is InChI=1S/C15H17F3N4.ClH/c16-15(17,18)6-9-1-2-12-11(5-9)13(22-8-21-12)14(20)4-3-10(19)7-14;/h1-2,5,8,10H,3-4,6-7,19-20H2;1H. The number of rotatable bonds is 2. The van der Waals surface area contributed by atoms with Crippen LogP contribution < -0.4 is 11.5 Å². The minimum atomic E-state index is -4.25. The van der Waals surface area contributed by atoms with Crippen molar-refractivity contribution in [3.05, 3.63) is 35.8 Å². The maximum Gasteiger partial charge on any atom is 0.393 e. The predicted molar refractivity (Wildman–Crippen MR) is 84.2 cm³/mol. The Balaban J connectivity index is 0.00000192. The van der Waals surface area contributed by atoms with Gasteiger partial charge in [0.15, 0.2) is 0 Å². The average molecular weight is 347 g/mol. The van der Waals surface area contributed by atoms with Gasteiger partial charge >= 0.3 is 6.18 Å². The van der Waals surface area contributed by atoms with Crippen LogP contribution in [0.4, 0.5) is 13.2 Å². The molecule has 0 saturated heterocycles. The van der Waals surface area contributed by atoms with E-state index in [2.05, 4.69) is 9.97 Å². The van der Waals surface area contributed by atoms with E-state index in [0.717, 1.165) is 6.42 Å². The highest BCUT2D eigenvalue weighted by atomic mass is 35.5. The summed E-state index contributed by atoms with van der Waals surface area (Å²) in [5.74, 6) is 0. The van der Waals surface area contributed by atoms with Gasteiger partial charge in [0.2, 0.25) is 0 Å². The Morgan fingerprint density at radius 1 is 1.26 bits per heavy atom. The smallest absolute Gasteiger partial charge is 0.328 e. The van der Waals surface area contributed by atoms with Gasteiger partial charge in [-0.3, -0.25) is 0 Å². The number of hydrogen-bond donors (Lipinski definition) is 2. The van der Waals surface area contributed by atoms with E-state index in [-0.39, 0.29) is 24.0 Å². The summed E-state index contributed by atoms with van der Waals surface area (Å²) < 4.78 is 37.8. The van der Waals surface area contributed by atoms with Gasteiger partial charge in [0.05, 0.1) is 23.2 Å². The molecule has 0 aliphatic heterocycles. The molecule has 2 atom stereocenters. The van der Waals surface area contributed by atoms with Crippen molar-refractivity contribution >= 4 is 23.3 Å². The normalized spacial score (nSPS) is 24.7. The highest BCUT2D eigenvalue weighted by Gasteiger charge is 2.38. The van der Waals surface area contributed by atoms with Crippen molar-refractivity contribution in [1.82, 2.24) is 9.97 Å². The van der Waals surface area contributed by atoms with Crippen molar-refractivity contribution in [3.8, 4) is 0 Å². The van der Waals surface area contributed by atoms with E-state index < -0.39 is 18.1 Å². The van der Waals surface area contributed by atoms with E-state index in [1.807, 2.05) is 0 Å². The average Bonchev–Trinajstić information content (AvgIpc) is 2.77. The Hall–Kier alpha value is -1.44. The lowest BCUT2D eigenvalue weighted by atomic mass is 9.90. The molecule has 1 heterocycles. The van der Waals surface area contributed by atoms with E-state index in [1.54, 1.807) is 6.07 Å². The summed E-state index contributed by atoms with van der Waals surface area (Å²) in [6.45, 7) is 0. The van der Waals surface area contributed by atoms with Crippen molar-refractivity contribution in [1.29, 1.82) is 0 Å². The van der Waals surface area contributed by atoms with Crippen LogP contribution >= 0.6 is 12.4 Å². The van der Waals surface area contributed by atoms with Crippen molar-refractivity contribution in [2.75, 3.05) is 0 Å². The number of nitrogens with two attached hydrogens (primary N) is 2. The Kier molecular flexibility index (Phi) is 4.84. The van der Waals surface area contributed by atoms with Crippen molar-refractivity contribution in [3.63, 3.8) is 0 Å². The topological polar surface area (TPSA) is 77.8 Å². The summed E-state index contributed by atoms with van der Waals surface area (Å²) in [6, 6.07) is 4.51. The molecule has 4 nitrogen and oxygen atoms in total. The third-order valence-electron chi connectivity index (χ3n) is 4.16. The molecule has 1 saturated carbocycles. The molecule has 4 N–H and O–H groups in total. The van der Waals surface area contributed by atoms with Crippen molar-refractivity contribution < 1.29 is 13.2 Å². The molecule has 0 bridgehead atoms. The molecule has 1 fully saturated rings. The van der Waals surface area contributed by atoms with Crippen molar-refractivity contribution in [2.45, 2.75) is 43.4 Å². The molecule has 0 amide bonds. The lowest BCUT2D eigenvalue weighted by Gasteiger charge is -2.24. The second kappa shape index (κ2) is 6.22. The highest BCUT2D eigenvalue weighted by molar-refractivity contribution is 5.85. The van der Waals surface area contributed by atoms with Gasteiger partial charge in [0, 0.05) is 11.4 Å². The van der Waals surface area contributed by atoms with Crippen LogP contribution in [0, 0.1) is 0 Å². The Bertz CT molecular complexity index is 707. The molecular formula is C15H18ClF3N4. The first kappa shape index (κ1) is 17.9. The lowest BCUT2D eigenvalue weighted by molar-refractivity contribution is -0.127. The molecule has 2 aromatic rings. The molecule has 2 unspecified atom stereocenters. The summed E-state index contributed by atoms with van der Waals surface area (Å²) in [4.78, 5) is 8.38. The summed E-state index contributed by atoms with van der Waals surface area (Å²) in [5.41, 5.74) is 13.0. The van der Waals surface area contributed by atoms with Gasteiger partial charge in [-0.2, -0.15) is 13.2 Å². The maximum absolute atomic E-state index is 12.6. The largest absolute Gasteiger partial charge is 0.393 e. The Morgan fingerprint density at radius 3 is 2.61 bits per heavy atom. The molecule has 3 rings (SSSR count). The number of hydrogen-bond acceptors (Lipinski definition) is 4. The van der Waals surface area contributed by atoms with E-state index in [9.17, 15) is 13.2 Å². The molecule has 1 aromatic heterocycles. The number of nitrogens with zero attached hydrogens (tertiary/aromatic N) is 2. The van der Waals surface area contributed by atoms with E-state index in [1.165, 1.54) is 18.5 Å². The number of benzene rings is 1. The highest BCUT2D eigenvalue weighted by Crippen LogP contribution is 2.38. The number of halogens is 4. The molecule has 1 aliphatic carbocycles. The first-order chi connectivity index (χ1) is 10.3. The van der Waals surface area contributed by atoms with E-state index in [0.29, 0.717) is 29.4 Å². The molecule has 126 valence electrons. The second-order valence-corrected chi connectivity index (χ2v) is 6.02. The summed E-state index contributed by atoms with van der Waals surface area (Å²) in [5, 5.41) is 0.584. The molecule has 23 heavy (non-hydrogen) atoms. The molecule has 1 aliphatic rings. The zero-order valence-corrected chi connectivity index (χ0v) is 13.1. The molecule has 0 spiro atoms. The van der Waals surface area contributed by atoms with Gasteiger partial charge < -0.3 is 11.5 Å². The first-order valence-corrected chi connectivity index (χ1v) is 7.12. The SMILES string of the molecule is Cl.NC1CCC(N)(c2ncnc3ccc(CC(F)(F)F)cc23)C1. The van der Waals surface area contributed by atoms with Crippen LogP contribution in [-0.2, 0) is 12.0 Å². The van der Waals surface area contributed by atoms with E-state index >= 15 is 0 Å². The molecule has 8 heteroatoms. The summed E-state index contributed by atoms with van der Waals surface area (Å²) in [7, 11) is 0. The van der Waals surface area contributed by atoms with Crippen LogP contribution in [0.15, 0.2) is 24.5 Å². The van der Waals surface area contributed by atoms with Crippen LogP contribution in [0.5, 0.6) is 0 Å². The maximum atomic E-state index is 12.6. The second-order valence-electron chi connectivity index (χ2n) is 6.02. The minimum Gasteiger partial charge on any atom is -0.328 e. The van der Waals surface area contributed by atoms with Gasteiger partial charge in [0.25, 0.3) is 0 Å². The number of aromatic nitrogens is 2.